The molecule has 38 heavy (non-hydrogen) atoms. The zero-order valence-electron chi connectivity index (χ0n) is 20.6. The summed E-state index contributed by atoms with van der Waals surface area (Å²) in [6.45, 7) is 0.393. The van der Waals surface area contributed by atoms with Crippen molar-refractivity contribution in [2.45, 2.75) is 12.5 Å². The number of methoxy groups -OCH3 is 2. The van der Waals surface area contributed by atoms with E-state index in [0.29, 0.717) is 23.4 Å². The number of carbonyl (C=O) groups is 3. The molecule has 9 nitrogen and oxygen atoms in total. The Bertz CT molecular complexity index is 1460. The van der Waals surface area contributed by atoms with Crippen LogP contribution in [0.1, 0.15) is 26.7 Å². The molecule has 2 heterocycles. The molecule has 1 aromatic heterocycles. The van der Waals surface area contributed by atoms with Crippen LogP contribution < -0.4 is 16.0 Å². The van der Waals surface area contributed by atoms with Crippen molar-refractivity contribution >= 4 is 34.9 Å². The number of hydrogen-bond acceptors (Lipinski definition) is 9. The first-order chi connectivity index (χ1) is 18.4. The largest absolute Gasteiger partial charge is 0.466 e. The lowest BCUT2D eigenvalue weighted by Crippen LogP contribution is -2.40. The van der Waals surface area contributed by atoms with E-state index >= 15 is 0 Å². The third-order valence-corrected chi connectivity index (χ3v) is 6.88. The number of allylic oxidation sites excluding steroid dienone is 1. The third kappa shape index (κ3) is 5.00. The zero-order chi connectivity index (χ0) is 27.2. The van der Waals surface area contributed by atoms with E-state index in [1.165, 1.54) is 30.5 Å². The summed E-state index contributed by atoms with van der Waals surface area (Å²) in [5, 5.41) is 14.9. The molecule has 3 N–H and O–H groups in total. The highest BCUT2D eigenvalue weighted by Crippen LogP contribution is 2.43. The van der Waals surface area contributed by atoms with Gasteiger partial charge < -0.3 is 20.5 Å². The van der Waals surface area contributed by atoms with E-state index in [2.05, 4.69) is 11.4 Å². The smallest absolute Gasteiger partial charge is 0.355 e. The number of hydrogen-bond donors (Lipinski definition) is 2. The Labute approximate surface area is 223 Å². The zero-order valence-corrected chi connectivity index (χ0v) is 21.5. The van der Waals surface area contributed by atoms with Crippen molar-refractivity contribution in [3.05, 3.63) is 111 Å². The van der Waals surface area contributed by atoms with Gasteiger partial charge in [-0.25, -0.2) is 9.59 Å². The average molecular weight is 529 g/mol. The number of nitrogens with two attached hydrogens (primary N) is 1. The summed E-state index contributed by atoms with van der Waals surface area (Å²) in [5.41, 5.74) is 7.58. The van der Waals surface area contributed by atoms with Crippen LogP contribution in [0, 0.1) is 11.3 Å². The lowest BCUT2D eigenvalue weighted by molar-refractivity contribution is -0.139. The van der Waals surface area contributed by atoms with Crippen LogP contribution in [0.3, 0.4) is 0 Å². The summed E-state index contributed by atoms with van der Waals surface area (Å²) in [6, 6.07) is 21.0. The third-order valence-electron chi connectivity index (χ3n) is 6.00. The number of nitrogens with zero attached hydrogens (tertiary/aromatic N) is 2. The van der Waals surface area contributed by atoms with Gasteiger partial charge in [0.05, 0.1) is 43.9 Å². The van der Waals surface area contributed by atoms with Gasteiger partial charge in [-0.15, -0.1) is 11.3 Å². The van der Waals surface area contributed by atoms with Crippen molar-refractivity contribution in [3.63, 3.8) is 0 Å². The lowest BCUT2D eigenvalue weighted by atomic mass is 9.81. The van der Waals surface area contributed by atoms with Crippen molar-refractivity contribution in [3.8, 4) is 6.07 Å². The summed E-state index contributed by atoms with van der Waals surface area (Å²) in [7, 11) is 2.37. The highest BCUT2D eigenvalue weighted by atomic mass is 32.1. The number of carbonyl (C=O) groups excluding carboxylic acids is 3. The van der Waals surface area contributed by atoms with Gasteiger partial charge in [0.2, 0.25) is 0 Å². The van der Waals surface area contributed by atoms with Gasteiger partial charge in [0, 0.05) is 16.1 Å². The van der Waals surface area contributed by atoms with Gasteiger partial charge >= 0.3 is 11.9 Å². The number of thiophene rings is 1. The number of amides is 1. The fourth-order valence-corrected chi connectivity index (χ4v) is 4.87. The molecule has 0 bridgehead atoms. The van der Waals surface area contributed by atoms with E-state index in [-0.39, 0.29) is 28.6 Å². The number of rotatable bonds is 7. The SMILES string of the molecule is COC(=O)C1=C(C(=O)OC)N(c2ccc(C(=O)NCc3cccs3)cc2)C(N)=C(C#N)C1c1ccccc1. The van der Waals surface area contributed by atoms with E-state index in [0.717, 1.165) is 4.88 Å². The molecule has 0 saturated carbocycles. The quantitative estimate of drug-likeness (QED) is 0.445. The topological polar surface area (TPSA) is 135 Å². The number of nitrogens with one attached hydrogen (secondary N) is 1. The van der Waals surface area contributed by atoms with Crippen LogP contribution in [0.5, 0.6) is 0 Å². The standard InChI is InChI=1S/C28H24N4O5S/c1-36-27(34)23-22(17-7-4-3-5-8-17)21(15-29)25(30)32(24(23)28(35)37-2)19-12-10-18(11-13-19)26(33)31-16-20-9-6-14-38-20/h3-14,22H,16,30H2,1-2H3,(H,31,33). The van der Waals surface area contributed by atoms with Crippen molar-refractivity contribution < 1.29 is 23.9 Å². The minimum Gasteiger partial charge on any atom is -0.466 e. The minimum absolute atomic E-state index is 0.0516. The Kier molecular flexibility index (Phi) is 7.89. The van der Waals surface area contributed by atoms with Crippen LogP contribution in [0.2, 0.25) is 0 Å². The Morgan fingerprint density at radius 1 is 1.00 bits per heavy atom. The molecular weight excluding hydrogens is 504 g/mol. The minimum atomic E-state index is -0.957. The number of ether oxygens (including phenoxy) is 2. The highest BCUT2D eigenvalue weighted by Gasteiger charge is 2.42. The molecule has 0 radical (unpaired) electrons. The Balaban J connectivity index is 1.80. The van der Waals surface area contributed by atoms with Gasteiger partial charge in [-0.2, -0.15) is 5.26 Å². The summed E-state index contributed by atoms with van der Waals surface area (Å²) in [5.74, 6) is -2.95. The average Bonchev–Trinajstić information content (AvgIpc) is 3.48. The van der Waals surface area contributed by atoms with Crippen LogP contribution in [0.25, 0.3) is 0 Å². The van der Waals surface area contributed by atoms with Crippen LogP contribution >= 0.6 is 11.3 Å². The van der Waals surface area contributed by atoms with Gasteiger partial charge in [0.25, 0.3) is 5.91 Å². The molecule has 1 unspecified atom stereocenters. The molecule has 1 amide bonds. The first-order valence-corrected chi connectivity index (χ1v) is 12.4. The molecule has 2 aromatic carbocycles. The summed E-state index contributed by atoms with van der Waals surface area (Å²) in [6.07, 6.45) is 0. The molecule has 0 spiro atoms. The van der Waals surface area contributed by atoms with Crippen molar-refractivity contribution in [1.82, 2.24) is 5.32 Å². The van der Waals surface area contributed by atoms with Crippen LogP contribution in [-0.4, -0.2) is 32.1 Å². The van der Waals surface area contributed by atoms with E-state index in [9.17, 15) is 19.6 Å². The monoisotopic (exact) mass is 528 g/mol. The van der Waals surface area contributed by atoms with E-state index in [4.69, 9.17) is 15.2 Å². The molecule has 192 valence electrons. The van der Waals surface area contributed by atoms with Gasteiger partial charge in [0.15, 0.2) is 0 Å². The Morgan fingerprint density at radius 3 is 2.26 bits per heavy atom. The maximum Gasteiger partial charge on any atom is 0.355 e. The maximum absolute atomic E-state index is 13.1. The second kappa shape index (κ2) is 11.5. The van der Waals surface area contributed by atoms with Gasteiger partial charge in [-0.3, -0.25) is 9.69 Å². The number of anilines is 1. The molecule has 10 heteroatoms. The number of benzene rings is 2. The summed E-state index contributed by atoms with van der Waals surface area (Å²) < 4.78 is 10.1. The maximum atomic E-state index is 13.1. The Hall–Kier alpha value is -4.88. The van der Waals surface area contributed by atoms with Crippen LogP contribution in [0.15, 0.2) is 94.8 Å². The van der Waals surface area contributed by atoms with Crippen LogP contribution in [0.4, 0.5) is 5.69 Å². The molecule has 1 aliphatic heterocycles. The molecule has 0 aliphatic carbocycles. The van der Waals surface area contributed by atoms with Gasteiger partial charge in [-0.05, 0) is 41.3 Å². The second-order valence-corrected chi connectivity index (χ2v) is 9.18. The molecule has 1 aliphatic rings. The number of nitriles is 1. The van der Waals surface area contributed by atoms with Crippen molar-refractivity contribution in [1.29, 1.82) is 5.26 Å². The van der Waals surface area contributed by atoms with Gasteiger partial charge in [-0.1, -0.05) is 36.4 Å². The van der Waals surface area contributed by atoms with Gasteiger partial charge in [0.1, 0.15) is 11.5 Å². The molecule has 0 fully saturated rings. The lowest BCUT2D eigenvalue weighted by Gasteiger charge is -2.35. The Morgan fingerprint density at radius 2 is 1.68 bits per heavy atom. The van der Waals surface area contributed by atoms with E-state index < -0.39 is 17.9 Å². The highest BCUT2D eigenvalue weighted by molar-refractivity contribution is 7.09. The molecule has 4 rings (SSSR count). The predicted octanol–water partition coefficient (Wildman–Crippen LogP) is 3.58. The van der Waals surface area contributed by atoms with Crippen LogP contribution in [-0.2, 0) is 25.6 Å². The predicted molar refractivity (Wildman–Crippen MR) is 141 cm³/mol. The fraction of sp³-hybridized carbons (Fsp3) is 0.143. The number of esters is 2. The van der Waals surface area contributed by atoms with E-state index in [1.54, 1.807) is 54.6 Å². The molecule has 0 saturated heterocycles. The van der Waals surface area contributed by atoms with Crippen molar-refractivity contribution in [2.24, 2.45) is 5.73 Å². The summed E-state index contributed by atoms with van der Waals surface area (Å²) in [4.78, 5) is 41.2. The first kappa shape index (κ1) is 26.2. The van der Waals surface area contributed by atoms with Crippen molar-refractivity contribution in [2.75, 3.05) is 19.1 Å². The summed E-state index contributed by atoms with van der Waals surface area (Å²) >= 11 is 1.54. The van der Waals surface area contributed by atoms with E-state index in [1.807, 2.05) is 17.5 Å². The molecular formula is C28H24N4O5S. The molecule has 1 atom stereocenters. The second-order valence-electron chi connectivity index (χ2n) is 8.14. The normalized spacial score (nSPS) is 15.1. The molecule has 3 aromatic rings. The first-order valence-electron chi connectivity index (χ1n) is 11.5. The fourth-order valence-electron chi connectivity index (χ4n) is 4.23.